The van der Waals surface area contributed by atoms with Gasteiger partial charge in [0.2, 0.25) is 5.88 Å². The summed E-state index contributed by atoms with van der Waals surface area (Å²) in [6.45, 7) is 0.942. The number of hydrogen-bond acceptors (Lipinski definition) is 5. The number of hydrogen-bond donors (Lipinski definition) is 1. The molecule has 1 aromatic carbocycles. The van der Waals surface area contributed by atoms with Crippen LogP contribution in [0.5, 0.6) is 17.4 Å². The van der Waals surface area contributed by atoms with Crippen molar-refractivity contribution in [1.29, 1.82) is 0 Å². The Hall–Kier alpha value is -2.27. The zero-order valence-electron chi connectivity index (χ0n) is 11.2. The molecule has 1 atom stereocenters. The predicted molar refractivity (Wildman–Crippen MR) is 74.0 cm³/mol. The summed E-state index contributed by atoms with van der Waals surface area (Å²) >= 11 is 0. The average molecular weight is 272 g/mol. The van der Waals surface area contributed by atoms with Crippen LogP contribution in [0.3, 0.4) is 0 Å². The van der Waals surface area contributed by atoms with Gasteiger partial charge in [0.25, 0.3) is 0 Å². The molecule has 0 amide bonds. The van der Waals surface area contributed by atoms with Crippen molar-refractivity contribution in [3.8, 4) is 17.4 Å². The lowest BCUT2D eigenvalue weighted by molar-refractivity contribution is 0.0908. The maximum Gasteiger partial charge on any atom is 0.212 e. The molecule has 0 saturated heterocycles. The Morgan fingerprint density at radius 2 is 2.20 bits per heavy atom. The Morgan fingerprint density at radius 1 is 1.30 bits per heavy atom. The highest BCUT2D eigenvalue weighted by Gasteiger charge is 2.23. The number of pyridine rings is 1. The smallest absolute Gasteiger partial charge is 0.212 e. The monoisotopic (exact) mass is 272 g/mol. The molecule has 3 rings (SSSR count). The van der Waals surface area contributed by atoms with Crippen molar-refractivity contribution >= 4 is 0 Å². The Labute approximate surface area is 117 Å². The first-order valence-electron chi connectivity index (χ1n) is 6.42. The van der Waals surface area contributed by atoms with Crippen LogP contribution in [0.2, 0.25) is 0 Å². The largest absolute Gasteiger partial charge is 0.485 e. The van der Waals surface area contributed by atoms with Gasteiger partial charge in [-0.3, -0.25) is 0 Å². The summed E-state index contributed by atoms with van der Waals surface area (Å²) in [4.78, 5) is 4.18. The lowest BCUT2D eigenvalue weighted by atomic mass is 10.1. The van der Waals surface area contributed by atoms with Crippen LogP contribution in [-0.2, 0) is 6.54 Å². The van der Waals surface area contributed by atoms with Gasteiger partial charge in [-0.25, -0.2) is 4.98 Å². The van der Waals surface area contributed by atoms with Gasteiger partial charge in [0.1, 0.15) is 6.61 Å². The first-order valence-corrected chi connectivity index (χ1v) is 6.42. The SMILES string of the molecule is COc1ccc(C2COc3cc(CN)ccc3O2)cn1. The first kappa shape index (κ1) is 12.7. The molecule has 2 N–H and O–H groups in total. The third kappa shape index (κ3) is 2.40. The second-order valence-electron chi connectivity index (χ2n) is 4.54. The van der Waals surface area contributed by atoms with Crippen molar-refractivity contribution in [2.45, 2.75) is 12.6 Å². The zero-order valence-corrected chi connectivity index (χ0v) is 11.2. The standard InChI is InChI=1S/C15H16N2O3/c1-18-15-5-3-11(8-17-15)14-9-19-13-6-10(7-16)2-4-12(13)20-14/h2-6,8,14H,7,9,16H2,1H3. The maximum atomic E-state index is 5.94. The number of aromatic nitrogens is 1. The number of nitrogens with zero attached hydrogens (tertiary/aromatic N) is 1. The second-order valence-corrected chi connectivity index (χ2v) is 4.54. The summed E-state index contributed by atoms with van der Waals surface area (Å²) in [5.74, 6) is 2.05. The third-order valence-corrected chi connectivity index (χ3v) is 3.24. The van der Waals surface area contributed by atoms with E-state index in [1.807, 2.05) is 30.3 Å². The van der Waals surface area contributed by atoms with Gasteiger partial charge >= 0.3 is 0 Å². The van der Waals surface area contributed by atoms with Crippen LogP contribution in [0.1, 0.15) is 17.2 Å². The molecule has 0 radical (unpaired) electrons. The summed E-state index contributed by atoms with van der Waals surface area (Å²) in [5.41, 5.74) is 7.59. The molecule has 0 fully saturated rings. The molecule has 1 aromatic heterocycles. The lowest BCUT2D eigenvalue weighted by Crippen LogP contribution is -2.21. The third-order valence-electron chi connectivity index (χ3n) is 3.24. The quantitative estimate of drug-likeness (QED) is 0.926. The molecule has 20 heavy (non-hydrogen) atoms. The summed E-state index contributed by atoms with van der Waals surface area (Å²) in [6.07, 6.45) is 1.58. The molecule has 1 aliphatic heterocycles. The molecule has 5 nitrogen and oxygen atoms in total. The van der Waals surface area contributed by atoms with Crippen LogP contribution in [-0.4, -0.2) is 18.7 Å². The number of ether oxygens (including phenoxy) is 3. The van der Waals surface area contributed by atoms with Gasteiger partial charge in [-0.05, 0) is 23.8 Å². The highest BCUT2D eigenvalue weighted by molar-refractivity contribution is 5.44. The fourth-order valence-corrected chi connectivity index (χ4v) is 2.11. The van der Waals surface area contributed by atoms with Crippen LogP contribution >= 0.6 is 0 Å². The molecule has 2 heterocycles. The normalized spacial score (nSPS) is 16.8. The molecule has 0 bridgehead atoms. The van der Waals surface area contributed by atoms with E-state index in [1.54, 1.807) is 13.3 Å². The topological polar surface area (TPSA) is 66.6 Å². The minimum absolute atomic E-state index is 0.162. The van der Waals surface area contributed by atoms with Crippen LogP contribution in [0.15, 0.2) is 36.5 Å². The lowest BCUT2D eigenvalue weighted by Gasteiger charge is -2.27. The molecule has 1 unspecified atom stereocenters. The molecule has 2 aromatic rings. The molecule has 5 heteroatoms. The van der Waals surface area contributed by atoms with E-state index in [2.05, 4.69) is 4.98 Å². The number of nitrogens with two attached hydrogens (primary N) is 1. The van der Waals surface area contributed by atoms with E-state index in [-0.39, 0.29) is 6.10 Å². The molecule has 0 spiro atoms. The van der Waals surface area contributed by atoms with E-state index in [0.717, 1.165) is 22.6 Å². The second kappa shape index (κ2) is 5.38. The van der Waals surface area contributed by atoms with Crippen molar-refractivity contribution in [1.82, 2.24) is 4.98 Å². The molecule has 104 valence electrons. The van der Waals surface area contributed by atoms with Gasteiger partial charge in [-0.15, -0.1) is 0 Å². The van der Waals surface area contributed by atoms with E-state index < -0.39 is 0 Å². The van der Waals surface area contributed by atoms with Gasteiger partial charge in [0, 0.05) is 24.4 Å². The van der Waals surface area contributed by atoms with Crippen LogP contribution < -0.4 is 19.9 Å². The zero-order chi connectivity index (χ0) is 13.9. The van der Waals surface area contributed by atoms with E-state index >= 15 is 0 Å². The van der Waals surface area contributed by atoms with E-state index in [1.165, 1.54) is 0 Å². The summed E-state index contributed by atoms with van der Waals surface area (Å²) in [7, 11) is 1.59. The highest BCUT2D eigenvalue weighted by Crippen LogP contribution is 2.36. The summed E-state index contributed by atoms with van der Waals surface area (Å²) in [6, 6.07) is 9.49. The molecule has 0 aliphatic carbocycles. The van der Waals surface area contributed by atoms with Crippen LogP contribution in [0, 0.1) is 0 Å². The summed E-state index contributed by atoms with van der Waals surface area (Å²) < 4.78 is 16.7. The Bertz CT molecular complexity index is 599. The van der Waals surface area contributed by atoms with E-state index in [0.29, 0.717) is 19.0 Å². The van der Waals surface area contributed by atoms with Crippen LogP contribution in [0.25, 0.3) is 0 Å². The Kier molecular flexibility index (Phi) is 3.43. The van der Waals surface area contributed by atoms with Gasteiger partial charge in [-0.2, -0.15) is 0 Å². The number of methoxy groups -OCH3 is 1. The predicted octanol–water partition coefficient (Wildman–Crippen LogP) is 2.06. The minimum atomic E-state index is -0.162. The molecular weight excluding hydrogens is 256 g/mol. The van der Waals surface area contributed by atoms with Crippen molar-refractivity contribution in [3.63, 3.8) is 0 Å². The Morgan fingerprint density at radius 3 is 2.90 bits per heavy atom. The van der Waals surface area contributed by atoms with Crippen molar-refractivity contribution in [2.24, 2.45) is 5.73 Å². The van der Waals surface area contributed by atoms with E-state index in [9.17, 15) is 0 Å². The summed E-state index contributed by atoms with van der Waals surface area (Å²) in [5, 5.41) is 0. The number of fused-ring (bicyclic) bond motifs is 1. The fraction of sp³-hybridized carbons (Fsp3) is 0.267. The van der Waals surface area contributed by atoms with Crippen molar-refractivity contribution < 1.29 is 14.2 Å². The average Bonchev–Trinajstić information content (AvgIpc) is 2.54. The minimum Gasteiger partial charge on any atom is -0.485 e. The number of benzene rings is 1. The van der Waals surface area contributed by atoms with Gasteiger partial charge < -0.3 is 19.9 Å². The van der Waals surface area contributed by atoms with E-state index in [4.69, 9.17) is 19.9 Å². The highest BCUT2D eigenvalue weighted by atomic mass is 16.6. The van der Waals surface area contributed by atoms with Crippen molar-refractivity contribution in [3.05, 3.63) is 47.7 Å². The molecular formula is C15H16N2O3. The van der Waals surface area contributed by atoms with Gasteiger partial charge in [0.15, 0.2) is 17.6 Å². The van der Waals surface area contributed by atoms with Gasteiger partial charge in [-0.1, -0.05) is 6.07 Å². The van der Waals surface area contributed by atoms with Crippen molar-refractivity contribution in [2.75, 3.05) is 13.7 Å². The molecule has 0 saturated carbocycles. The first-order chi connectivity index (χ1) is 9.80. The number of rotatable bonds is 3. The van der Waals surface area contributed by atoms with Gasteiger partial charge in [0.05, 0.1) is 7.11 Å². The van der Waals surface area contributed by atoms with Crippen LogP contribution in [0.4, 0.5) is 0 Å². The Balaban J connectivity index is 1.80. The fourth-order valence-electron chi connectivity index (χ4n) is 2.11. The molecule has 1 aliphatic rings. The maximum absolute atomic E-state index is 5.94.